The van der Waals surface area contributed by atoms with Gasteiger partial charge in [-0.2, -0.15) is 0 Å². The minimum atomic E-state index is -2.24. The number of nitro benzene ring substituents is 1. The summed E-state index contributed by atoms with van der Waals surface area (Å²) in [6.07, 6.45) is -0.0460. The van der Waals surface area contributed by atoms with E-state index in [1.165, 1.54) is 12.1 Å². The Bertz CT molecular complexity index is 884. The monoisotopic (exact) mass is 492 g/mol. The van der Waals surface area contributed by atoms with Crippen LogP contribution in [-0.4, -0.2) is 23.7 Å². The van der Waals surface area contributed by atoms with Crippen molar-refractivity contribution in [2.45, 2.75) is 46.8 Å². The summed E-state index contributed by atoms with van der Waals surface area (Å²) in [5.41, 5.74) is 0.386. The third kappa shape index (κ3) is 10.4. The Morgan fingerprint density at radius 3 is 2.16 bits per heavy atom. The van der Waals surface area contributed by atoms with E-state index in [0.717, 1.165) is 0 Å². The van der Waals surface area contributed by atoms with E-state index in [1.54, 1.807) is 24.3 Å². The molecular formula is C20H27Cl2N2O6P. The van der Waals surface area contributed by atoms with Crippen LogP contribution in [0.5, 0.6) is 11.5 Å². The Balaban J connectivity index is 0.000000407. The van der Waals surface area contributed by atoms with Crippen molar-refractivity contribution >= 4 is 42.8 Å². The number of benzene rings is 2. The fourth-order valence-electron chi connectivity index (χ4n) is 2.17. The van der Waals surface area contributed by atoms with E-state index in [2.05, 4.69) is 5.32 Å². The Morgan fingerprint density at radius 2 is 1.68 bits per heavy atom. The summed E-state index contributed by atoms with van der Waals surface area (Å²) in [6, 6.07) is 9.32. The van der Waals surface area contributed by atoms with Crippen LogP contribution in [-0.2, 0) is 13.6 Å². The summed E-state index contributed by atoms with van der Waals surface area (Å²) in [5.74, 6) is 0.873. The van der Waals surface area contributed by atoms with Gasteiger partial charge in [-0.15, -0.1) is 0 Å². The van der Waals surface area contributed by atoms with Crippen molar-refractivity contribution in [2.24, 2.45) is 0 Å². The van der Waals surface area contributed by atoms with Crippen LogP contribution < -0.4 is 10.1 Å². The minimum Gasteiger partial charge on any atom is -0.456 e. The van der Waals surface area contributed by atoms with E-state index in [1.807, 2.05) is 34.6 Å². The van der Waals surface area contributed by atoms with Gasteiger partial charge in [0.2, 0.25) is 0 Å². The lowest BCUT2D eigenvalue weighted by atomic mass is 10.2. The number of nitro groups is 1. The Hall–Kier alpha value is -1.83. The summed E-state index contributed by atoms with van der Waals surface area (Å²) in [7, 11) is -2.24. The number of anilines is 1. The Morgan fingerprint density at radius 1 is 1.06 bits per heavy atom. The number of halogens is 2. The van der Waals surface area contributed by atoms with Crippen LogP contribution in [0.3, 0.4) is 0 Å². The van der Waals surface area contributed by atoms with Crippen LogP contribution in [0.15, 0.2) is 36.4 Å². The molecule has 0 aromatic heterocycles. The molecule has 0 aliphatic rings. The molecule has 0 heterocycles. The highest BCUT2D eigenvalue weighted by atomic mass is 35.5. The van der Waals surface area contributed by atoms with Gasteiger partial charge in [0.15, 0.2) is 0 Å². The average molecular weight is 493 g/mol. The van der Waals surface area contributed by atoms with Crippen molar-refractivity contribution in [1.29, 1.82) is 0 Å². The first-order valence-electron chi connectivity index (χ1n) is 9.55. The van der Waals surface area contributed by atoms with Crippen LogP contribution >= 0.6 is 31.5 Å². The molecule has 0 saturated carbocycles. The molecule has 31 heavy (non-hydrogen) atoms. The molecule has 0 bridgehead atoms. The van der Waals surface area contributed by atoms with E-state index in [-0.39, 0.29) is 17.9 Å². The largest absolute Gasteiger partial charge is 0.456 e. The number of hydrogen-bond donors (Lipinski definition) is 1. The number of nitrogens with zero attached hydrogens (tertiary/aromatic N) is 1. The molecule has 0 aliphatic carbocycles. The molecular weight excluding hydrogens is 466 g/mol. The van der Waals surface area contributed by atoms with Gasteiger partial charge in [0.05, 0.1) is 22.2 Å². The molecule has 8 nitrogen and oxygen atoms in total. The summed E-state index contributed by atoms with van der Waals surface area (Å²) in [6.45, 7) is 9.72. The number of rotatable bonds is 9. The normalized spacial score (nSPS) is 10.8. The van der Waals surface area contributed by atoms with Crippen LogP contribution in [0.25, 0.3) is 0 Å². The number of ether oxygens (including phenoxy) is 1. The van der Waals surface area contributed by atoms with Gasteiger partial charge in [0, 0.05) is 23.7 Å². The molecule has 0 atom stereocenters. The first-order chi connectivity index (χ1) is 14.5. The minimum absolute atomic E-state index is 0.00796. The standard InChI is InChI=1S/C14H12Cl2N2O3.C6H15O3P/c1-2-17-12-8-10(4-5-13(12)18(19)20)21-14-6-3-9(15)7-11(14)16;1-5(2)8-10(7)9-6(3)4/h3-8,17H,2H2,1H3;5-6,10H,1-4H3. The van der Waals surface area contributed by atoms with E-state index >= 15 is 0 Å². The topological polar surface area (TPSA) is 99.9 Å². The SMILES string of the molecule is CC(C)O[PH](=O)OC(C)C.CCNc1cc(Oc2ccc(Cl)cc2Cl)ccc1[N+](=O)[O-]. The second kappa shape index (κ2) is 13.6. The second-order valence-corrected chi connectivity index (χ2v) is 8.54. The second-order valence-electron chi connectivity index (χ2n) is 6.73. The lowest BCUT2D eigenvalue weighted by molar-refractivity contribution is -0.384. The van der Waals surface area contributed by atoms with Crippen molar-refractivity contribution in [3.63, 3.8) is 0 Å². The molecule has 11 heteroatoms. The molecule has 2 rings (SSSR count). The smallest absolute Gasteiger partial charge is 0.319 e. The molecule has 172 valence electrons. The van der Waals surface area contributed by atoms with Crippen LogP contribution in [0, 0.1) is 10.1 Å². The highest BCUT2D eigenvalue weighted by molar-refractivity contribution is 7.33. The van der Waals surface area contributed by atoms with Crippen LogP contribution in [0.1, 0.15) is 34.6 Å². The molecule has 0 fully saturated rings. The summed E-state index contributed by atoms with van der Waals surface area (Å²) < 4.78 is 26.2. The summed E-state index contributed by atoms with van der Waals surface area (Å²) >= 11 is 11.8. The predicted molar refractivity (Wildman–Crippen MR) is 125 cm³/mol. The lowest BCUT2D eigenvalue weighted by Gasteiger charge is -2.10. The third-order valence-electron chi connectivity index (χ3n) is 3.32. The molecule has 0 aliphatic heterocycles. The molecule has 1 N–H and O–H groups in total. The van der Waals surface area contributed by atoms with E-state index in [0.29, 0.717) is 33.8 Å². The number of hydrogen-bond acceptors (Lipinski definition) is 7. The zero-order valence-electron chi connectivity index (χ0n) is 18.0. The first-order valence-corrected chi connectivity index (χ1v) is 11.5. The quantitative estimate of drug-likeness (QED) is 0.221. The van der Waals surface area contributed by atoms with E-state index in [9.17, 15) is 14.7 Å². The highest BCUT2D eigenvalue weighted by Crippen LogP contribution is 2.35. The van der Waals surface area contributed by atoms with Gasteiger partial charge in [-0.1, -0.05) is 23.2 Å². The zero-order chi connectivity index (χ0) is 23.6. The molecule has 2 aromatic carbocycles. The van der Waals surface area contributed by atoms with Crippen molar-refractivity contribution in [2.75, 3.05) is 11.9 Å². The van der Waals surface area contributed by atoms with Gasteiger partial charge in [0.1, 0.15) is 17.2 Å². The fourth-order valence-corrected chi connectivity index (χ4v) is 3.44. The maximum absolute atomic E-state index is 10.9. The Labute approximate surface area is 192 Å². The highest BCUT2D eigenvalue weighted by Gasteiger charge is 2.15. The van der Waals surface area contributed by atoms with Crippen molar-refractivity contribution in [1.82, 2.24) is 0 Å². The fraction of sp³-hybridized carbons (Fsp3) is 0.400. The Kier molecular flexibility index (Phi) is 11.9. The molecule has 0 spiro atoms. The maximum Gasteiger partial charge on any atom is 0.319 e. The van der Waals surface area contributed by atoms with Gasteiger partial charge < -0.3 is 19.1 Å². The summed E-state index contributed by atoms with van der Waals surface area (Å²) in [5, 5.41) is 14.7. The zero-order valence-corrected chi connectivity index (χ0v) is 20.5. The van der Waals surface area contributed by atoms with Gasteiger partial charge in [-0.3, -0.25) is 14.7 Å². The molecule has 0 amide bonds. The molecule has 0 radical (unpaired) electrons. The average Bonchev–Trinajstić information content (AvgIpc) is 2.63. The molecule has 2 aromatic rings. The number of nitrogens with one attached hydrogen (secondary N) is 1. The van der Waals surface area contributed by atoms with Crippen molar-refractivity contribution < 1.29 is 23.3 Å². The van der Waals surface area contributed by atoms with E-state index in [4.69, 9.17) is 37.0 Å². The summed E-state index contributed by atoms with van der Waals surface area (Å²) in [4.78, 5) is 10.5. The molecule has 0 unspecified atom stereocenters. The lowest BCUT2D eigenvalue weighted by Crippen LogP contribution is -2.01. The van der Waals surface area contributed by atoms with Crippen molar-refractivity contribution in [3.8, 4) is 11.5 Å². The van der Waals surface area contributed by atoms with Gasteiger partial charge >= 0.3 is 8.25 Å². The van der Waals surface area contributed by atoms with Crippen LogP contribution in [0.4, 0.5) is 11.4 Å². The van der Waals surface area contributed by atoms with Gasteiger partial charge in [0.25, 0.3) is 5.69 Å². The van der Waals surface area contributed by atoms with Gasteiger partial charge in [-0.05, 0) is 58.9 Å². The maximum atomic E-state index is 10.9. The van der Waals surface area contributed by atoms with Gasteiger partial charge in [-0.25, -0.2) is 0 Å². The first kappa shape index (κ1) is 27.2. The molecule has 0 saturated heterocycles. The van der Waals surface area contributed by atoms with Crippen molar-refractivity contribution in [3.05, 3.63) is 56.6 Å². The third-order valence-corrected chi connectivity index (χ3v) is 5.18. The van der Waals surface area contributed by atoms with E-state index < -0.39 is 13.2 Å². The predicted octanol–water partition coefficient (Wildman–Crippen LogP) is 7.35. The van der Waals surface area contributed by atoms with Crippen LogP contribution in [0.2, 0.25) is 10.0 Å².